The molecule has 0 amide bonds. The van der Waals surface area contributed by atoms with Gasteiger partial charge in [-0.3, -0.25) is 0 Å². The third-order valence-corrected chi connectivity index (χ3v) is 11.1. The van der Waals surface area contributed by atoms with Crippen molar-refractivity contribution in [2.75, 3.05) is 4.90 Å². The van der Waals surface area contributed by atoms with Crippen molar-refractivity contribution in [1.82, 2.24) is 0 Å². The predicted octanol–water partition coefficient (Wildman–Crippen LogP) is 16.6. The van der Waals surface area contributed by atoms with Gasteiger partial charge < -0.3 is 13.7 Å². The Morgan fingerprint density at radius 1 is 0.328 bits per heavy atom. The van der Waals surface area contributed by atoms with Gasteiger partial charge in [0.1, 0.15) is 22.3 Å². The van der Waals surface area contributed by atoms with Crippen molar-refractivity contribution < 1.29 is 59.6 Å². The second kappa shape index (κ2) is 13.3. The second-order valence-electron chi connectivity index (χ2n) is 14.3. The molecule has 0 N–H and O–H groups in total. The third kappa shape index (κ3) is 4.86. The molecule has 10 aromatic carbocycles. The van der Waals surface area contributed by atoms with Gasteiger partial charge in [-0.05, 0) is 128 Å². The molecule has 0 unspecified atom stereocenters. The van der Waals surface area contributed by atoms with Crippen molar-refractivity contribution in [3.05, 3.63) is 246 Å². The second-order valence-corrected chi connectivity index (χ2v) is 14.3. The average molecular weight is 853 g/mol. The summed E-state index contributed by atoms with van der Waals surface area (Å²) in [5, 5.41) is -2.07. The minimum absolute atomic E-state index is 0.277. The van der Waals surface area contributed by atoms with Crippen molar-refractivity contribution in [1.29, 1.82) is 0 Å². The summed E-state index contributed by atoms with van der Waals surface area (Å²) in [5.41, 5.74) is -20.7. The van der Waals surface area contributed by atoms with Crippen LogP contribution in [0.3, 0.4) is 0 Å². The maximum atomic E-state index is 10.3. The standard InChI is InChI=1S/C61H37NO2/c1-6-18-52-44(12-1)45-13-2-7-19-53(45)61(52)54-20-8-3-14-46(54)50-17-11-21-55(60(50)61)62(42-30-24-38(25-31-42)40-29-35-58-51(36-40)48-16-5-10-23-57(48)63-58)43-32-26-39(27-33-43)41-28-34-49-47-15-4-9-22-56(47)64-59(49)37-41/h1-37H/i1D,2D,3D,4D,5D,6D,7D,8D,9D,10D,11D,12D,13D,14D,15D,16D,17D,18D,19D,20D,21D,22D,23D,24D,25D,26D,27D,28D,29D,30D,31D,32D,33D,34D,35D,36D,37D. The van der Waals surface area contributed by atoms with E-state index in [1.165, 1.54) is 0 Å². The number of rotatable bonds is 5. The van der Waals surface area contributed by atoms with Crippen LogP contribution in [0, 0.1) is 0 Å². The Kier molecular flexibility index (Phi) is 3.09. The first-order chi connectivity index (χ1) is 47.1. The molecule has 0 saturated carbocycles. The van der Waals surface area contributed by atoms with Crippen LogP contribution in [0.1, 0.15) is 73.0 Å². The van der Waals surface area contributed by atoms with Crippen LogP contribution < -0.4 is 4.90 Å². The summed E-state index contributed by atoms with van der Waals surface area (Å²) < 4.78 is 358. The zero-order valence-corrected chi connectivity index (χ0v) is 31.8. The van der Waals surface area contributed by atoms with E-state index in [9.17, 15) is 34.3 Å². The summed E-state index contributed by atoms with van der Waals surface area (Å²) in [6.07, 6.45) is 0. The molecule has 1 spiro atoms. The Morgan fingerprint density at radius 3 is 1.39 bits per heavy atom. The van der Waals surface area contributed by atoms with Crippen molar-refractivity contribution in [2.45, 2.75) is 5.41 Å². The summed E-state index contributed by atoms with van der Waals surface area (Å²) in [5.74, 6) is 0. The quantitative estimate of drug-likeness (QED) is 0.173. The van der Waals surface area contributed by atoms with E-state index in [0.717, 1.165) is 0 Å². The molecule has 2 aliphatic rings. The highest BCUT2D eigenvalue weighted by molar-refractivity contribution is 6.07. The van der Waals surface area contributed by atoms with Crippen molar-refractivity contribution in [2.24, 2.45) is 0 Å². The molecule has 0 fully saturated rings. The van der Waals surface area contributed by atoms with Crippen molar-refractivity contribution in [3.8, 4) is 44.5 Å². The number of para-hydroxylation sites is 2. The maximum Gasteiger partial charge on any atom is 0.136 e. The summed E-state index contributed by atoms with van der Waals surface area (Å²) in [6.45, 7) is 0. The van der Waals surface area contributed by atoms with Crippen LogP contribution in [0.25, 0.3) is 88.4 Å². The molecule has 0 radical (unpaired) electrons. The Hall–Kier alpha value is -8.40. The van der Waals surface area contributed by atoms with Crippen LogP contribution in [0.2, 0.25) is 0 Å². The Balaban J connectivity index is 1.21. The first kappa shape index (κ1) is 14.9. The molecular weight excluding hydrogens is 779 g/mol. The molecule has 64 heavy (non-hydrogen) atoms. The van der Waals surface area contributed by atoms with Crippen LogP contribution in [0.15, 0.2) is 232 Å². The van der Waals surface area contributed by atoms with Gasteiger partial charge in [-0.15, -0.1) is 0 Å². The fourth-order valence-electron chi connectivity index (χ4n) is 8.48. The molecule has 0 bridgehead atoms. The number of hydrogen-bond acceptors (Lipinski definition) is 3. The van der Waals surface area contributed by atoms with E-state index < -0.39 is 357 Å². The Labute approximate surface area is 421 Å². The third-order valence-electron chi connectivity index (χ3n) is 11.1. The van der Waals surface area contributed by atoms with Crippen LogP contribution in [-0.2, 0) is 5.41 Å². The van der Waals surface area contributed by atoms with E-state index in [4.69, 9.17) is 25.3 Å². The smallest absolute Gasteiger partial charge is 0.136 e. The summed E-state index contributed by atoms with van der Waals surface area (Å²) in [7, 11) is 0. The van der Waals surface area contributed by atoms with Gasteiger partial charge in [-0.1, -0.05) is 157 Å². The first-order valence-electron chi connectivity index (χ1n) is 37.5. The molecular formula is C61H37NO2. The van der Waals surface area contributed by atoms with Gasteiger partial charge in [-0.25, -0.2) is 0 Å². The summed E-state index contributed by atoms with van der Waals surface area (Å²) >= 11 is 0. The SMILES string of the molecule is [2H]c1c([2H])c([2H])c2c(c1[2H])-c1c([2H])c([2H])c([2H])c([2H])c1C21c2c([2H])c([2H])c([2H])c([2H])c2-c2c([2H])c([2H])c([2H])c(N(c3c([2H])c([2H])c(-c4c([2H])c([2H])c5c(oc6c([2H])c([2H])c([2H])c([2H])c65)c4[2H])c([2H])c3[2H])c3c([2H])c([2H])c(-c4c([2H])c([2H])c5oc6c([2H])c([2H])c([2H])c([2H])c6c5c4[2H])c([2H])c3[2H])c21. The topological polar surface area (TPSA) is 29.5 Å². The molecule has 0 saturated heterocycles. The van der Waals surface area contributed by atoms with E-state index in [0.29, 0.717) is 0 Å². The van der Waals surface area contributed by atoms with Crippen molar-refractivity contribution >= 4 is 60.9 Å². The monoisotopic (exact) mass is 853 g/mol. The van der Waals surface area contributed by atoms with E-state index in [1.807, 2.05) is 0 Å². The van der Waals surface area contributed by atoms with Gasteiger partial charge in [0.15, 0.2) is 0 Å². The van der Waals surface area contributed by atoms with Gasteiger partial charge in [0, 0.05) is 38.5 Å². The fourth-order valence-corrected chi connectivity index (χ4v) is 8.48. The number of hydrogen-bond donors (Lipinski definition) is 0. The first-order valence-corrected chi connectivity index (χ1v) is 19.0. The van der Waals surface area contributed by atoms with E-state index in [1.54, 1.807) is 0 Å². The molecule has 0 atom stereocenters. The Morgan fingerprint density at radius 2 is 0.766 bits per heavy atom. The van der Waals surface area contributed by atoms with E-state index in [-0.39, 0.29) is 4.90 Å². The van der Waals surface area contributed by atoms with Crippen LogP contribution >= 0.6 is 0 Å². The highest BCUT2D eigenvalue weighted by Gasteiger charge is 2.53. The lowest BCUT2D eigenvalue weighted by Gasteiger charge is -2.36. The van der Waals surface area contributed by atoms with E-state index >= 15 is 0 Å². The highest BCUT2D eigenvalue weighted by atomic mass is 16.3. The zero-order chi connectivity index (χ0) is 74.1. The largest absolute Gasteiger partial charge is 0.456 e. The van der Waals surface area contributed by atoms with Crippen LogP contribution in [-0.4, -0.2) is 0 Å². The molecule has 298 valence electrons. The minimum Gasteiger partial charge on any atom is -0.456 e. The normalized spacial score (nSPS) is 21.2. The number of nitrogens with zero attached hydrogens (tertiary/aromatic N) is 1. The average Bonchev–Trinajstić information content (AvgIpc) is 1.48. The number of furan rings is 2. The van der Waals surface area contributed by atoms with Crippen LogP contribution in [0.4, 0.5) is 17.1 Å². The molecule has 0 aliphatic heterocycles. The molecule has 2 heterocycles. The molecule has 3 nitrogen and oxygen atoms in total. The Bertz CT molecular complexity index is 5910. The number of fused-ring (bicyclic) bond motifs is 16. The maximum absolute atomic E-state index is 10.3. The van der Waals surface area contributed by atoms with Gasteiger partial charge in [0.25, 0.3) is 0 Å². The molecule has 12 aromatic rings. The zero-order valence-electron chi connectivity index (χ0n) is 68.8. The predicted molar refractivity (Wildman–Crippen MR) is 263 cm³/mol. The summed E-state index contributed by atoms with van der Waals surface area (Å²) in [6, 6.07) is -40.7. The molecule has 2 aliphatic carbocycles. The summed E-state index contributed by atoms with van der Waals surface area (Å²) in [4.78, 5) is 0.277. The number of benzene rings is 10. The minimum atomic E-state index is -3.25. The van der Waals surface area contributed by atoms with E-state index in [2.05, 4.69) is 0 Å². The molecule has 14 rings (SSSR count). The molecule has 2 aromatic heterocycles. The fraction of sp³-hybridized carbons (Fsp3) is 0.0164. The highest BCUT2D eigenvalue weighted by Crippen LogP contribution is 2.65. The lowest BCUT2D eigenvalue weighted by atomic mass is 9.70. The number of anilines is 3. The van der Waals surface area contributed by atoms with Gasteiger partial charge in [0.05, 0.1) is 61.8 Å². The van der Waals surface area contributed by atoms with Crippen LogP contribution in [0.5, 0.6) is 0 Å². The van der Waals surface area contributed by atoms with Crippen molar-refractivity contribution in [3.63, 3.8) is 0 Å². The lowest BCUT2D eigenvalue weighted by molar-refractivity contribution is 0.668. The molecule has 3 heteroatoms. The van der Waals surface area contributed by atoms with Gasteiger partial charge in [0.2, 0.25) is 0 Å². The lowest BCUT2D eigenvalue weighted by Crippen LogP contribution is -2.28. The van der Waals surface area contributed by atoms with Gasteiger partial charge in [-0.2, -0.15) is 0 Å². The van der Waals surface area contributed by atoms with Gasteiger partial charge >= 0.3 is 0 Å².